The van der Waals surface area contributed by atoms with E-state index in [4.69, 9.17) is 15.3 Å². The molecule has 0 fully saturated rings. The zero-order valence-corrected chi connectivity index (χ0v) is 12.0. The number of ether oxygens (including phenoxy) is 2. The Morgan fingerprint density at radius 1 is 1.39 bits per heavy atom. The van der Waals surface area contributed by atoms with Crippen LogP contribution in [0.2, 0.25) is 0 Å². The van der Waals surface area contributed by atoms with E-state index in [9.17, 15) is 0 Å². The summed E-state index contributed by atoms with van der Waals surface area (Å²) >= 11 is 0. The van der Waals surface area contributed by atoms with Crippen LogP contribution in [-0.2, 0) is 9.47 Å². The third-order valence-corrected chi connectivity index (χ3v) is 2.54. The Hall–Kier alpha value is -0.850. The van der Waals surface area contributed by atoms with Crippen LogP contribution in [0.25, 0.3) is 0 Å². The molecule has 6 heteroatoms. The van der Waals surface area contributed by atoms with Gasteiger partial charge in [0, 0.05) is 26.9 Å². The van der Waals surface area contributed by atoms with Gasteiger partial charge in [-0.15, -0.1) is 0 Å². The molecule has 0 aromatic rings. The van der Waals surface area contributed by atoms with Crippen molar-refractivity contribution in [1.29, 1.82) is 0 Å². The molecule has 0 rings (SSSR count). The van der Waals surface area contributed by atoms with Crippen LogP contribution in [0.3, 0.4) is 0 Å². The molecule has 0 radical (unpaired) electrons. The number of nitrogens with zero attached hydrogens (tertiary/aromatic N) is 1. The van der Waals surface area contributed by atoms with E-state index < -0.39 is 0 Å². The molecule has 0 aliphatic heterocycles. The van der Waals surface area contributed by atoms with E-state index in [1.54, 1.807) is 7.11 Å². The summed E-state index contributed by atoms with van der Waals surface area (Å²) in [6, 6.07) is 0.196. The second kappa shape index (κ2) is 11.3. The summed E-state index contributed by atoms with van der Waals surface area (Å²) in [6.07, 6.45) is 0.876. The molecule has 0 heterocycles. The maximum Gasteiger partial charge on any atom is 0.206 e. The molecular weight excluding hydrogens is 232 g/mol. The standard InChI is InChI=1S/C12H28N4O2/c1-5-18-9-11(10(2)3)15-12(16-13)14-7-6-8-17-4/h10-11H,5-9,13H2,1-4H3,(H2,14,15,16). The number of guanidine groups is 1. The topological polar surface area (TPSA) is 80.9 Å². The molecule has 18 heavy (non-hydrogen) atoms. The normalized spacial score (nSPS) is 13.8. The number of methoxy groups -OCH3 is 1. The molecule has 0 amide bonds. The van der Waals surface area contributed by atoms with E-state index in [-0.39, 0.29) is 6.04 Å². The molecule has 108 valence electrons. The second-order valence-corrected chi connectivity index (χ2v) is 4.38. The third kappa shape index (κ3) is 8.27. The van der Waals surface area contributed by atoms with Crippen LogP contribution in [-0.4, -0.2) is 45.5 Å². The van der Waals surface area contributed by atoms with Gasteiger partial charge in [0.05, 0.1) is 12.6 Å². The minimum absolute atomic E-state index is 0.196. The number of hydrogen-bond acceptors (Lipinski definition) is 4. The van der Waals surface area contributed by atoms with Crippen LogP contribution in [0, 0.1) is 5.92 Å². The average Bonchev–Trinajstić information content (AvgIpc) is 2.36. The fraction of sp³-hybridized carbons (Fsp3) is 0.917. The van der Waals surface area contributed by atoms with Crippen molar-refractivity contribution in [2.75, 3.05) is 33.5 Å². The summed E-state index contributed by atoms with van der Waals surface area (Å²) in [4.78, 5) is 4.34. The van der Waals surface area contributed by atoms with E-state index in [1.807, 2.05) is 6.92 Å². The van der Waals surface area contributed by atoms with Crippen LogP contribution < -0.4 is 16.6 Å². The number of nitrogens with one attached hydrogen (secondary N) is 2. The Morgan fingerprint density at radius 3 is 2.61 bits per heavy atom. The highest BCUT2D eigenvalue weighted by Crippen LogP contribution is 2.02. The summed E-state index contributed by atoms with van der Waals surface area (Å²) in [5, 5.41) is 3.26. The highest BCUT2D eigenvalue weighted by atomic mass is 16.5. The maximum absolute atomic E-state index is 5.45. The lowest BCUT2D eigenvalue weighted by Crippen LogP contribution is -2.50. The van der Waals surface area contributed by atoms with Gasteiger partial charge in [-0.25, -0.2) is 5.84 Å². The Kier molecular flexibility index (Phi) is 10.7. The van der Waals surface area contributed by atoms with Gasteiger partial charge in [-0.05, 0) is 19.3 Å². The van der Waals surface area contributed by atoms with Crippen molar-refractivity contribution in [2.45, 2.75) is 33.2 Å². The monoisotopic (exact) mass is 260 g/mol. The zero-order valence-electron chi connectivity index (χ0n) is 12.0. The van der Waals surface area contributed by atoms with Crippen molar-refractivity contribution in [3.05, 3.63) is 0 Å². The summed E-state index contributed by atoms with van der Waals surface area (Å²) in [5.74, 6) is 6.49. The highest BCUT2D eigenvalue weighted by Gasteiger charge is 2.14. The molecule has 1 unspecified atom stereocenters. The van der Waals surface area contributed by atoms with Crippen LogP contribution in [0.4, 0.5) is 0 Å². The van der Waals surface area contributed by atoms with Gasteiger partial charge in [0.25, 0.3) is 0 Å². The van der Waals surface area contributed by atoms with E-state index in [1.165, 1.54) is 0 Å². The maximum atomic E-state index is 5.45. The van der Waals surface area contributed by atoms with E-state index in [0.29, 0.717) is 38.2 Å². The van der Waals surface area contributed by atoms with Crippen molar-refractivity contribution in [2.24, 2.45) is 16.8 Å². The number of hydrazine groups is 1. The van der Waals surface area contributed by atoms with E-state index in [2.05, 4.69) is 29.6 Å². The van der Waals surface area contributed by atoms with Crippen LogP contribution in [0.5, 0.6) is 0 Å². The number of rotatable bonds is 9. The Labute approximate surface area is 110 Å². The smallest absolute Gasteiger partial charge is 0.206 e. The first-order valence-corrected chi connectivity index (χ1v) is 6.49. The first kappa shape index (κ1) is 17.2. The molecule has 1 atom stereocenters. The minimum Gasteiger partial charge on any atom is -0.385 e. The van der Waals surface area contributed by atoms with Crippen LogP contribution in [0.15, 0.2) is 4.99 Å². The van der Waals surface area contributed by atoms with Crippen molar-refractivity contribution in [1.82, 2.24) is 10.7 Å². The first-order chi connectivity index (χ1) is 8.65. The van der Waals surface area contributed by atoms with Gasteiger partial charge in [0.2, 0.25) is 5.96 Å². The van der Waals surface area contributed by atoms with E-state index >= 15 is 0 Å². The number of hydrogen-bond donors (Lipinski definition) is 3. The first-order valence-electron chi connectivity index (χ1n) is 6.49. The Balaban J connectivity index is 4.18. The summed E-state index contributed by atoms with van der Waals surface area (Å²) < 4.78 is 10.4. The lowest BCUT2D eigenvalue weighted by molar-refractivity contribution is 0.114. The Morgan fingerprint density at radius 2 is 2.11 bits per heavy atom. The van der Waals surface area contributed by atoms with Crippen LogP contribution >= 0.6 is 0 Å². The Bertz CT molecular complexity index is 222. The third-order valence-electron chi connectivity index (χ3n) is 2.54. The SMILES string of the molecule is CCOCC(NC(=NCCCOC)NN)C(C)C. The van der Waals surface area contributed by atoms with Gasteiger partial charge in [-0.1, -0.05) is 13.8 Å². The predicted molar refractivity (Wildman–Crippen MR) is 74.4 cm³/mol. The molecule has 0 bridgehead atoms. The van der Waals surface area contributed by atoms with Gasteiger partial charge < -0.3 is 14.8 Å². The fourth-order valence-electron chi connectivity index (χ4n) is 1.35. The molecule has 0 saturated heterocycles. The molecule has 0 aromatic carbocycles. The number of nitrogens with two attached hydrogens (primary N) is 1. The van der Waals surface area contributed by atoms with Crippen molar-refractivity contribution < 1.29 is 9.47 Å². The van der Waals surface area contributed by atoms with Crippen molar-refractivity contribution in [3.63, 3.8) is 0 Å². The van der Waals surface area contributed by atoms with Gasteiger partial charge >= 0.3 is 0 Å². The summed E-state index contributed by atoms with van der Waals surface area (Å²) in [5.41, 5.74) is 2.58. The molecule has 0 spiro atoms. The van der Waals surface area contributed by atoms with Gasteiger partial charge in [0.15, 0.2) is 0 Å². The second-order valence-electron chi connectivity index (χ2n) is 4.38. The fourth-order valence-corrected chi connectivity index (χ4v) is 1.35. The summed E-state index contributed by atoms with van der Waals surface area (Å²) in [6.45, 7) is 8.99. The molecule has 4 N–H and O–H groups in total. The van der Waals surface area contributed by atoms with Gasteiger partial charge in [-0.2, -0.15) is 0 Å². The molecule has 0 aliphatic rings. The van der Waals surface area contributed by atoms with E-state index in [0.717, 1.165) is 6.42 Å². The largest absolute Gasteiger partial charge is 0.385 e. The van der Waals surface area contributed by atoms with Gasteiger partial charge in [-0.3, -0.25) is 10.4 Å². The zero-order chi connectivity index (χ0) is 13.8. The highest BCUT2D eigenvalue weighted by molar-refractivity contribution is 5.79. The molecule has 0 aromatic heterocycles. The lowest BCUT2D eigenvalue weighted by Gasteiger charge is -2.23. The molecule has 6 nitrogen and oxygen atoms in total. The molecule has 0 saturated carbocycles. The summed E-state index contributed by atoms with van der Waals surface area (Å²) in [7, 11) is 1.68. The van der Waals surface area contributed by atoms with Crippen LogP contribution in [0.1, 0.15) is 27.2 Å². The minimum atomic E-state index is 0.196. The van der Waals surface area contributed by atoms with Crippen molar-refractivity contribution in [3.8, 4) is 0 Å². The quantitative estimate of drug-likeness (QED) is 0.185. The molecular formula is C12H28N4O2. The van der Waals surface area contributed by atoms with Gasteiger partial charge in [0.1, 0.15) is 0 Å². The predicted octanol–water partition coefficient (Wildman–Crippen LogP) is 0.493. The lowest BCUT2D eigenvalue weighted by atomic mass is 10.1. The molecule has 0 aliphatic carbocycles. The number of aliphatic imine (C=N–C) groups is 1. The average molecular weight is 260 g/mol. The van der Waals surface area contributed by atoms with Crippen molar-refractivity contribution >= 4 is 5.96 Å².